The number of nitrogens with two attached hydrogens (primary N) is 1. The molecule has 2 amide bonds. The molecule has 2 aliphatic rings. The van der Waals surface area contributed by atoms with Gasteiger partial charge in [-0.3, -0.25) is 19.3 Å². The molecule has 0 aliphatic carbocycles. The van der Waals surface area contributed by atoms with Crippen molar-refractivity contribution in [2.45, 2.75) is 24.5 Å². The van der Waals surface area contributed by atoms with E-state index >= 15 is 0 Å². The van der Waals surface area contributed by atoms with Gasteiger partial charge in [-0.2, -0.15) is 13.2 Å². The Morgan fingerprint density at radius 2 is 2.03 bits per heavy atom. The molecule has 1 fully saturated rings. The second-order valence-electron chi connectivity index (χ2n) is 8.11. The summed E-state index contributed by atoms with van der Waals surface area (Å²) in [5.41, 5.74) is 4.03. The summed E-state index contributed by atoms with van der Waals surface area (Å²) < 4.78 is 45.5. The van der Waals surface area contributed by atoms with Gasteiger partial charge in [-0.15, -0.1) is 23.1 Å². The van der Waals surface area contributed by atoms with Crippen LogP contribution in [0.15, 0.2) is 40.9 Å². The first kappa shape index (κ1) is 27.2. The number of nitrogens with one attached hydrogen (secondary N) is 1. The number of rotatable bonds is 7. The second kappa shape index (κ2) is 10.5. The number of hydrogen-bond donors (Lipinski definition) is 3. The molecule has 200 valence electrons. The van der Waals surface area contributed by atoms with Gasteiger partial charge in [-0.05, 0) is 17.7 Å². The minimum atomic E-state index is -4.69. The lowest BCUT2D eigenvalue weighted by molar-refractivity contribution is -0.150. The number of aromatic nitrogens is 1. The Labute approximate surface area is 221 Å². The van der Waals surface area contributed by atoms with Crippen molar-refractivity contribution in [3.63, 3.8) is 0 Å². The molecule has 4 rings (SSSR count). The highest BCUT2D eigenvalue weighted by Crippen LogP contribution is 2.41. The van der Waals surface area contributed by atoms with Crippen molar-refractivity contribution in [1.82, 2.24) is 15.2 Å². The quantitative estimate of drug-likeness (QED) is 0.260. The van der Waals surface area contributed by atoms with Gasteiger partial charge < -0.3 is 20.9 Å². The van der Waals surface area contributed by atoms with Crippen molar-refractivity contribution in [3.8, 4) is 0 Å². The number of amides is 2. The molecule has 0 saturated carbocycles. The fourth-order valence-corrected chi connectivity index (χ4v) is 5.80. The van der Waals surface area contributed by atoms with E-state index in [4.69, 9.17) is 10.5 Å². The number of thioether (sulfide) groups is 1. The van der Waals surface area contributed by atoms with E-state index in [1.54, 1.807) is 0 Å². The van der Waals surface area contributed by atoms with Crippen LogP contribution >= 0.6 is 23.1 Å². The highest BCUT2D eigenvalue weighted by Gasteiger charge is 2.54. The predicted octanol–water partition coefficient (Wildman–Crippen LogP) is 2.59. The molecule has 4 N–H and O–H groups in total. The number of thiazole rings is 1. The highest BCUT2D eigenvalue weighted by atomic mass is 32.2. The second-order valence-corrected chi connectivity index (χ2v) is 10.1. The number of carboxylic acid groups (broad SMARTS) is 1. The van der Waals surface area contributed by atoms with E-state index in [-0.39, 0.29) is 45.6 Å². The van der Waals surface area contributed by atoms with Crippen molar-refractivity contribution in [1.29, 1.82) is 0 Å². The number of carbonyl (C=O) groups is 4. The van der Waals surface area contributed by atoms with Crippen LogP contribution in [0.4, 0.5) is 18.3 Å². The first-order valence-electron chi connectivity index (χ1n) is 10.8. The number of nitrogen functional groups attached to an aromatic ring is 1. The first-order valence-corrected chi connectivity index (χ1v) is 12.7. The van der Waals surface area contributed by atoms with E-state index in [9.17, 15) is 37.5 Å². The van der Waals surface area contributed by atoms with Crippen molar-refractivity contribution >= 4 is 63.6 Å². The van der Waals surface area contributed by atoms with Gasteiger partial charge in [0.25, 0.3) is 11.8 Å². The van der Waals surface area contributed by atoms with E-state index in [1.165, 1.54) is 23.6 Å². The number of halogens is 3. The van der Waals surface area contributed by atoms with Crippen molar-refractivity contribution < 1.29 is 42.2 Å². The van der Waals surface area contributed by atoms with Gasteiger partial charge in [0.05, 0.1) is 16.8 Å². The molecule has 2 aliphatic heterocycles. The number of β-lactam (4-membered cyclic amide) rings is 1. The van der Waals surface area contributed by atoms with Gasteiger partial charge in [0.15, 0.2) is 5.13 Å². The summed E-state index contributed by atoms with van der Waals surface area (Å²) in [6.07, 6.45) is -3.68. The van der Waals surface area contributed by atoms with E-state index in [2.05, 4.69) is 10.3 Å². The maximum atomic E-state index is 13.6. The largest absolute Gasteiger partial charge is 0.477 e. The number of esters is 1. The Kier molecular flexibility index (Phi) is 7.51. The number of fused-ring (bicyclic) bond motifs is 1. The van der Waals surface area contributed by atoms with Gasteiger partial charge in [0.2, 0.25) is 0 Å². The zero-order valence-corrected chi connectivity index (χ0v) is 21.1. The zero-order chi connectivity index (χ0) is 27.8. The van der Waals surface area contributed by atoms with Crippen LogP contribution in [0.5, 0.6) is 0 Å². The molecule has 0 radical (unpaired) electrons. The van der Waals surface area contributed by atoms with Crippen molar-refractivity contribution in [3.05, 3.63) is 57.7 Å². The van der Waals surface area contributed by atoms with E-state index < -0.39 is 46.9 Å². The lowest BCUT2D eigenvalue weighted by Gasteiger charge is -2.49. The third kappa shape index (κ3) is 5.38. The highest BCUT2D eigenvalue weighted by molar-refractivity contribution is 8.00. The summed E-state index contributed by atoms with van der Waals surface area (Å²) in [6, 6.07) is 3.50. The molecule has 3 heterocycles. The first-order chi connectivity index (χ1) is 17.9. The summed E-state index contributed by atoms with van der Waals surface area (Å²) in [6.45, 7) is 0.850. The average molecular weight is 569 g/mol. The fourth-order valence-electron chi connectivity index (χ4n) is 3.91. The summed E-state index contributed by atoms with van der Waals surface area (Å²) >= 11 is 2.12. The number of benzene rings is 1. The molecule has 1 saturated heterocycles. The third-order valence-corrected chi connectivity index (χ3v) is 7.61. The van der Waals surface area contributed by atoms with Crippen LogP contribution < -0.4 is 11.1 Å². The van der Waals surface area contributed by atoms with Crippen LogP contribution in [0.25, 0.3) is 11.6 Å². The number of aliphatic carboxylic acids is 1. The minimum absolute atomic E-state index is 0.0108. The van der Waals surface area contributed by atoms with Crippen LogP contribution in [-0.2, 0) is 30.1 Å². The molecule has 15 heteroatoms. The lowest BCUT2D eigenvalue weighted by atomic mass is 10.00. The van der Waals surface area contributed by atoms with E-state index in [0.717, 1.165) is 47.1 Å². The molecular formula is C23H19F3N4O6S2. The molecule has 1 aromatic carbocycles. The number of carboxylic acids is 1. The Balaban J connectivity index is 1.63. The van der Waals surface area contributed by atoms with E-state index in [0.29, 0.717) is 0 Å². The monoisotopic (exact) mass is 568 g/mol. The van der Waals surface area contributed by atoms with Gasteiger partial charge >= 0.3 is 18.1 Å². The molecule has 1 unspecified atom stereocenters. The Morgan fingerprint density at radius 1 is 1.32 bits per heavy atom. The molecule has 2 aromatic rings. The molecule has 0 bridgehead atoms. The summed E-state index contributed by atoms with van der Waals surface area (Å²) in [5.74, 6) is -3.54. The normalized spacial score (nSPS) is 19.5. The maximum absolute atomic E-state index is 13.6. The molecule has 38 heavy (non-hydrogen) atoms. The van der Waals surface area contributed by atoms with Crippen molar-refractivity contribution in [2.24, 2.45) is 0 Å². The van der Waals surface area contributed by atoms with Crippen LogP contribution in [-0.4, -0.2) is 62.5 Å². The number of nitrogens with zero attached hydrogens (tertiary/aromatic N) is 2. The summed E-state index contributed by atoms with van der Waals surface area (Å²) in [7, 11) is 0. The molecule has 10 nitrogen and oxygen atoms in total. The Bertz CT molecular complexity index is 1390. The molecule has 2 atom stereocenters. The molecule has 1 aromatic heterocycles. The standard InChI is InChI=1S/C23H19F3N4O6S2/c1-10(31)36-7-12-8-37-20-16(19(33)30(20)17(12)21(34)35)29-18(32)13(15-9-38-22(27)28-15)6-11-4-2-3-5-14(11)23(24,25)26/h2-6,9,16,20H,7-8H2,1H3,(H2,27,28)(H,29,32)(H,34,35)/b13-6-/t16?,20-/m0/s1. The third-order valence-electron chi connectivity index (χ3n) is 5.59. The Hall–Kier alpha value is -3.85. The topological polar surface area (TPSA) is 152 Å². The van der Waals surface area contributed by atoms with Gasteiger partial charge in [0.1, 0.15) is 23.7 Å². The predicted molar refractivity (Wildman–Crippen MR) is 132 cm³/mol. The van der Waals surface area contributed by atoms with Crippen LogP contribution in [0.1, 0.15) is 23.7 Å². The van der Waals surface area contributed by atoms with Crippen molar-refractivity contribution in [2.75, 3.05) is 18.1 Å². The van der Waals surface area contributed by atoms with E-state index in [1.807, 2.05) is 0 Å². The van der Waals surface area contributed by atoms with Gasteiger partial charge in [0, 0.05) is 23.6 Å². The number of hydrogen-bond acceptors (Lipinski definition) is 9. The molecular weight excluding hydrogens is 549 g/mol. The van der Waals surface area contributed by atoms with Gasteiger partial charge in [-0.1, -0.05) is 18.2 Å². The zero-order valence-electron chi connectivity index (χ0n) is 19.4. The van der Waals surface area contributed by atoms with Crippen LogP contribution in [0.2, 0.25) is 0 Å². The molecule has 0 spiro atoms. The lowest BCUT2D eigenvalue weighted by Crippen LogP contribution is -2.70. The van der Waals surface area contributed by atoms with Gasteiger partial charge in [-0.25, -0.2) is 9.78 Å². The van der Waals surface area contributed by atoms with Crippen LogP contribution in [0, 0.1) is 0 Å². The minimum Gasteiger partial charge on any atom is -0.477 e. The Morgan fingerprint density at radius 3 is 2.63 bits per heavy atom. The fraction of sp³-hybridized carbons (Fsp3) is 0.261. The number of ether oxygens (including phenoxy) is 1. The number of alkyl halides is 3. The summed E-state index contributed by atoms with van der Waals surface area (Å²) in [4.78, 5) is 54.2. The maximum Gasteiger partial charge on any atom is 0.416 e. The summed E-state index contributed by atoms with van der Waals surface area (Å²) in [5, 5.41) is 12.9. The SMILES string of the molecule is CC(=O)OCC1=C(C(=O)O)N2C(=O)C(NC(=O)/C(=C\c3ccccc3C(F)(F)F)c3csc(N)n3)[C@@H]2SC1. The smallest absolute Gasteiger partial charge is 0.416 e. The number of carbonyl (C=O) groups excluding carboxylic acids is 3. The average Bonchev–Trinajstić information content (AvgIpc) is 3.28. The number of anilines is 1. The van der Waals surface area contributed by atoms with Crippen LogP contribution in [0.3, 0.4) is 0 Å².